The van der Waals surface area contributed by atoms with Crippen molar-refractivity contribution >= 4 is 33.6 Å². The predicted molar refractivity (Wildman–Crippen MR) is 84.2 cm³/mol. The second-order valence-electron chi connectivity index (χ2n) is 5.18. The number of esters is 1. The Kier molecular flexibility index (Phi) is 5.71. The molecule has 0 N–H and O–H groups in total. The number of nitrogens with zero attached hydrogens (tertiary/aromatic N) is 1. The maximum atomic E-state index is 12.2. The van der Waals surface area contributed by atoms with E-state index < -0.39 is 11.9 Å². The van der Waals surface area contributed by atoms with E-state index in [4.69, 9.17) is 4.74 Å². The van der Waals surface area contributed by atoms with Crippen LogP contribution in [0.25, 0.3) is 0 Å². The minimum Gasteiger partial charge on any atom is -0.465 e. The summed E-state index contributed by atoms with van der Waals surface area (Å²) in [6.07, 6.45) is 0.592. The van der Waals surface area contributed by atoms with Crippen LogP contribution in [0.4, 0.5) is 0 Å². The number of ketones is 1. The maximum Gasteiger partial charge on any atom is 0.316 e. The van der Waals surface area contributed by atoms with Gasteiger partial charge in [0.2, 0.25) is 5.91 Å². The highest BCUT2D eigenvalue weighted by atomic mass is 79.9. The largest absolute Gasteiger partial charge is 0.465 e. The van der Waals surface area contributed by atoms with Crippen LogP contribution >= 0.6 is 15.9 Å². The molecule has 22 heavy (non-hydrogen) atoms. The zero-order valence-corrected chi connectivity index (χ0v) is 14.0. The smallest absolute Gasteiger partial charge is 0.316 e. The molecule has 0 bridgehead atoms. The van der Waals surface area contributed by atoms with Gasteiger partial charge in [0.15, 0.2) is 5.78 Å². The van der Waals surface area contributed by atoms with Gasteiger partial charge >= 0.3 is 5.97 Å². The van der Waals surface area contributed by atoms with Gasteiger partial charge < -0.3 is 9.64 Å². The van der Waals surface area contributed by atoms with Crippen LogP contribution < -0.4 is 0 Å². The van der Waals surface area contributed by atoms with E-state index in [1.165, 1.54) is 4.90 Å². The number of amides is 1. The number of ether oxygens (including phenoxy) is 1. The number of carbonyl (C=O) groups is 3. The SMILES string of the molecule is CCOC(=O)C1CCN(C(=O)Cc2ccc(Br)cc2)CC1=O. The lowest BCUT2D eigenvalue weighted by Crippen LogP contribution is -2.47. The fourth-order valence-electron chi connectivity index (χ4n) is 2.42. The lowest BCUT2D eigenvalue weighted by Gasteiger charge is -2.29. The highest BCUT2D eigenvalue weighted by Crippen LogP contribution is 2.17. The first-order chi connectivity index (χ1) is 10.5. The molecule has 1 heterocycles. The summed E-state index contributed by atoms with van der Waals surface area (Å²) in [6.45, 7) is 2.36. The zero-order chi connectivity index (χ0) is 16.1. The van der Waals surface area contributed by atoms with Crippen molar-refractivity contribution in [3.8, 4) is 0 Å². The zero-order valence-electron chi connectivity index (χ0n) is 12.4. The molecule has 5 nitrogen and oxygen atoms in total. The maximum absolute atomic E-state index is 12.2. The standard InChI is InChI=1S/C16H18BrNO4/c1-2-22-16(21)13-7-8-18(10-14(13)19)15(20)9-11-3-5-12(17)6-4-11/h3-6,13H,2,7-10H2,1H3. The molecule has 1 aromatic rings. The van der Waals surface area contributed by atoms with Crippen molar-refractivity contribution < 1.29 is 19.1 Å². The third-order valence-corrected chi connectivity index (χ3v) is 4.14. The summed E-state index contributed by atoms with van der Waals surface area (Å²) in [4.78, 5) is 37.4. The van der Waals surface area contributed by atoms with Crippen LogP contribution in [0.3, 0.4) is 0 Å². The Balaban J connectivity index is 1.92. The molecule has 118 valence electrons. The molecule has 1 aliphatic heterocycles. The molecule has 1 fully saturated rings. The van der Waals surface area contributed by atoms with Crippen LogP contribution in [-0.2, 0) is 25.5 Å². The van der Waals surface area contributed by atoms with Crippen LogP contribution in [0.1, 0.15) is 18.9 Å². The van der Waals surface area contributed by atoms with E-state index in [1.54, 1.807) is 6.92 Å². The van der Waals surface area contributed by atoms with Gasteiger partial charge in [0, 0.05) is 11.0 Å². The van der Waals surface area contributed by atoms with Crippen molar-refractivity contribution in [1.29, 1.82) is 0 Å². The Labute approximate surface area is 137 Å². The van der Waals surface area contributed by atoms with Crippen molar-refractivity contribution in [2.75, 3.05) is 19.7 Å². The number of hydrogen-bond donors (Lipinski definition) is 0. The summed E-state index contributed by atoms with van der Waals surface area (Å²) in [6, 6.07) is 7.49. The van der Waals surface area contributed by atoms with E-state index in [2.05, 4.69) is 15.9 Å². The van der Waals surface area contributed by atoms with Gasteiger partial charge in [-0.3, -0.25) is 14.4 Å². The van der Waals surface area contributed by atoms with Gasteiger partial charge in [0.05, 0.1) is 19.6 Å². The highest BCUT2D eigenvalue weighted by molar-refractivity contribution is 9.10. The summed E-state index contributed by atoms with van der Waals surface area (Å²) >= 11 is 3.35. The molecule has 2 rings (SSSR count). The average Bonchev–Trinajstić information content (AvgIpc) is 2.49. The van der Waals surface area contributed by atoms with Gasteiger partial charge in [-0.1, -0.05) is 28.1 Å². The molecule has 1 aromatic carbocycles. The minimum absolute atomic E-state index is 0.0150. The number of hydrogen-bond acceptors (Lipinski definition) is 4. The van der Waals surface area contributed by atoms with Gasteiger partial charge in [-0.25, -0.2) is 0 Å². The number of halogens is 1. The molecule has 0 saturated carbocycles. The molecule has 6 heteroatoms. The third kappa shape index (κ3) is 4.16. The van der Waals surface area contributed by atoms with E-state index >= 15 is 0 Å². The Bertz CT molecular complexity index is 570. The Morgan fingerprint density at radius 3 is 2.59 bits per heavy atom. The van der Waals surface area contributed by atoms with Gasteiger partial charge in [-0.05, 0) is 31.0 Å². The quantitative estimate of drug-likeness (QED) is 0.602. The number of benzene rings is 1. The molecule has 1 unspecified atom stereocenters. The Morgan fingerprint density at radius 1 is 1.32 bits per heavy atom. The average molecular weight is 368 g/mol. The Hall–Kier alpha value is -1.69. The topological polar surface area (TPSA) is 63.7 Å². The van der Waals surface area contributed by atoms with Gasteiger partial charge in [0.25, 0.3) is 0 Å². The first-order valence-corrected chi connectivity index (χ1v) is 8.02. The van der Waals surface area contributed by atoms with Crippen LogP contribution in [0.2, 0.25) is 0 Å². The summed E-state index contributed by atoms with van der Waals surface area (Å²) in [7, 11) is 0. The molecule has 0 radical (unpaired) electrons. The van der Waals surface area contributed by atoms with E-state index in [9.17, 15) is 14.4 Å². The van der Waals surface area contributed by atoms with Gasteiger partial charge in [-0.15, -0.1) is 0 Å². The number of rotatable bonds is 4. The van der Waals surface area contributed by atoms with E-state index in [-0.39, 0.29) is 31.3 Å². The molecular formula is C16H18BrNO4. The van der Waals surface area contributed by atoms with Crippen LogP contribution in [-0.4, -0.2) is 42.3 Å². The molecule has 0 spiro atoms. The number of likely N-dealkylation sites (tertiary alicyclic amines) is 1. The summed E-state index contributed by atoms with van der Waals surface area (Å²) < 4.78 is 5.84. The lowest BCUT2D eigenvalue weighted by atomic mass is 9.95. The second-order valence-corrected chi connectivity index (χ2v) is 6.09. The van der Waals surface area contributed by atoms with Crippen molar-refractivity contribution in [3.63, 3.8) is 0 Å². The first-order valence-electron chi connectivity index (χ1n) is 7.22. The fourth-order valence-corrected chi connectivity index (χ4v) is 2.68. The van der Waals surface area contributed by atoms with Crippen molar-refractivity contribution in [2.24, 2.45) is 5.92 Å². The van der Waals surface area contributed by atoms with Crippen LogP contribution in [0.15, 0.2) is 28.7 Å². The molecule has 0 aromatic heterocycles. The highest BCUT2D eigenvalue weighted by Gasteiger charge is 2.35. The minimum atomic E-state index is -0.725. The second kappa shape index (κ2) is 7.54. The third-order valence-electron chi connectivity index (χ3n) is 3.62. The van der Waals surface area contributed by atoms with E-state index in [1.807, 2.05) is 24.3 Å². The summed E-state index contributed by atoms with van der Waals surface area (Å²) in [5.74, 6) is -1.55. The van der Waals surface area contributed by atoms with Crippen molar-refractivity contribution in [3.05, 3.63) is 34.3 Å². The molecule has 1 atom stereocenters. The monoisotopic (exact) mass is 367 g/mol. The normalized spacial score (nSPS) is 18.2. The van der Waals surface area contributed by atoms with Crippen molar-refractivity contribution in [1.82, 2.24) is 4.90 Å². The molecular weight excluding hydrogens is 350 g/mol. The number of carbonyl (C=O) groups excluding carboxylic acids is 3. The van der Waals surface area contributed by atoms with E-state index in [0.29, 0.717) is 13.0 Å². The number of piperidine rings is 1. The Morgan fingerprint density at radius 2 is 2.00 bits per heavy atom. The first kappa shape index (κ1) is 16.7. The fraction of sp³-hybridized carbons (Fsp3) is 0.438. The predicted octanol–water partition coefficient (Wildman–Crippen LogP) is 1.97. The van der Waals surface area contributed by atoms with Gasteiger partial charge in [0.1, 0.15) is 5.92 Å². The molecule has 1 amide bonds. The van der Waals surface area contributed by atoms with Crippen molar-refractivity contribution in [2.45, 2.75) is 19.8 Å². The summed E-state index contributed by atoms with van der Waals surface area (Å²) in [5, 5.41) is 0. The van der Waals surface area contributed by atoms with Gasteiger partial charge in [-0.2, -0.15) is 0 Å². The lowest BCUT2D eigenvalue weighted by molar-refractivity contribution is -0.155. The molecule has 0 aliphatic carbocycles. The number of Topliss-reactive ketones (excluding diaryl/α,β-unsaturated/α-hetero) is 1. The summed E-state index contributed by atoms with van der Waals surface area (Å²) in [5.41, 5.74) is 0.896. The van der Waals surface area contributed by atoms with E-state index in [0.717, 1.165) is 10.0 Å². The molecule has 1 aliphatic rings. The molecule has 1 saturated heterocycles. The van der Waals surface area contributed by atoms with Crippen LogP contribution in [0.5, 0.6) is 0 Å². The van der Waals surface area contributed by atoms with Crippen LogP contribution in [0, 0.1) is 5.92 Å².